The molecule has 15 heavy (non-hydrogen) atoms. The molecule has 2 heterocycles. The van der Waals surface area contributed by atoms with Gasteiger partial charge in [0, 0.05) is 6.20 Å². The number of hydrogen-bond donors (Lipinski definition) is 0. The normalized spacial score (nSPS) is 9.67. The van der Waals surface area contributed by atoms with E-state index < -0.39 is 0 Å². The first-order chi connectivity index (χ1) is 7.16. The van der Waals surface area contributed by atoms with Gasteiger partial charge in [-0.15, -0.1) is 0 Å². The number of aryl methyl sites for hydroxylation is 1. The maximum Gasteiger partial charge on any atom is 0.225 e. The SMILES string of the molecule is CC.Cc1cnc2c(Cl)nc(Cl)nc2n1. The van der Waals surface area contributed by atoms with Crippen LogP contribution in [0, 0.1) is 6.92 Å². The van der Waals surface area contributed by atoms with E-state index in [-0.39, 0.29) is 10.4 Å². The van der Waals surface area contributed by atoms with E-state index in [0.29, 0.717) is 11.2 Å². The van der Waals surface area contributed by atoms with Gasteiger partial charge in [0.05, 0.1) is 5.69 Å². The zero-order chi connectivity index (χ0) is 11.4. The number of nitrogens with zero attached hydrogens (tertiary/aromatic N) is 4. The molecule has 0 bridgehead atoms. The molecule has 4 nitrogen and oxygen atoms in total. The minimum Gasteiger partial charge on any atom is -0.248 e. The summed E-state index contributed by atoms with van der Waals surface area (Å²) in [6, 6.07) is 0. The highest BCUT2D eigenvalue weighted by Crippen LogP contribution is 2.17. The van der Waals surface area contributed by atoms with Gasteiger partial charge >= 0.3 is 0 Å². The van der Waals surface area contributed by atoms with Crippen LogP contribution in [0.15, 0.2) is 6.20 Å². The Morgan fingerprint density at radius 3 is 2.40 bits per heavy atom. The quantitative estimate of drug-likeness (QED) is 0.528. The Morgan fingerprint density at radius 2 is 1.73 bits per heavy atom. The first-order valence-corrected chi connectivity index (χ1v) is 5.25. The van der Waals surface area contributed by atoms with E-state index in [9.17, 15) is 0 Å². The molecule has 0 unspecified atom stereocenters. The van der Waals surface area contributed by atoms with Crippen LogP contribution < -0.4 is 0 Å². The highest BCUT2D eigenvalue weighted by Gasteiger charge is 2.06. The second kappa shape index (κ2) is 5.19. The van der Waals surface area contributed by atoms with Gasteiger partial charge in [-0.1, -0.05) is 25.4 Å². The number of aromatic nitrogens is 4. The van der Waals surface area contributed by atoms with Crippen molar-refractivity contribution >= 4 is 34.4 Å². The lowest BCUT2D eigenvalue weighted by molar-refractivity contribution is 1.11. The Hall–Kier alpha value is -1.00. The standard InChI is InChI=1S/C7H4Cl2N4.C2H6/c1-3-2-10-4-5(8)12-7(9)13-6(4)11-3;1-2/h2H,1H3;1-2H3. The zero-order valence-corrected chi connectivity index (χ0v) is 10.1. The summed E-state index contributed by atoms with van der Waals surface area (Å²) >= 11 is 11.4. The van der Waals surface area contributed by atoms with E-state index in [0.717, 1.165) is 5.69 Å². The summed E-state index contributed by atoms with van der Waals surface area (Å²) in [5.74, 6) is 0. The summed E-state index contributed by atoms with van der Waals surface area (Å²) in [5.41, 5.74) is 1.65. The van der Waals surface area contributed by atoms with Crippen LogP contribution in [0.2, 0.25) is 10.4 Å². The number of halogens is 2. The van der Waals surface area contributed by atoms with Crippen LogP contribution in [0.4, 0.5) is 0 Å². The molecule has 0 aliphatic heterocycles. The van der Waals surface area contributed by atoms with Crippen molar-refractivity contribution in [1.82, 2.24) is 19.9 Å². The van der Waals surface area contributed by atoms with Gasteiger partial charge in [-0.05, 0) is 18.5 Å². The Balaban J connectivity index is 0.000000531. The van der Waals surface area contributed by atoms with Gasteiger partial charge < -0.3 is 0 Å². The van der Waals surface area contributed by atoms with Crippen LogP contribution >= 0.6 is 23.2 Å². The smallest absolute Gasteiger partial charge is 0.225 e. The third kappa shape index (κ3) is 2.73. The van der Waals surface area contributed by atoms with Gasteiger partial charge in [-0.2, -0.15) is 4.98 Å². The Kier molecular flexibility index (Phi) is 4.17. The molecule has 0 atom stereocenters. The summed E-state index contributed by atoms with van der Waals surface area (Å²) in [5, 5.41) is 0.305. The molecule has 0 spiro atoms. The predicted octanol–water partition coefficient (Wildman–Crippen LogP) is 3.06. The van der Waals surface area contributed by atoms with E-state index in [2.05, 4.69) is 19.9 Å². The van der Waals surface area contributed by atoms with Crippen LogP contribution in [0.25, 0.3) is 11.2 Å². The summed E-state index contributed by atoms with van der Waals surface area (Å²) in [7, 11) is 0. The molecule has 2 aromatic rings. The predicted molar refractivity (Wildman–Crippen MR) is 61.2 cm³/mol. The molecule has 0 amide bonds. The fourth-order valence-electron chi connectivity index (χ4n) is 0.934. The lowest BCUT2D eigenvalue weighted by Gasteiger charge is -1.98. The van der Waals surface area contributed by atoms with Crippen molar-refractivity contribution in [3.8, 4) is 0 Å². The maximum absolute atomic E-state index is 5.78. The molecule has 6 heteroatoms. The topological polar surface area (TPSA) is 51.6 Å². The Labute approximate surface area is 97.7 Å². The van der Waals surface area contributed by atoms with Crippen LogP contribution in [0.3, 0.4) is 0 Å². The van der Waals surface area contributed by atoms with Crippen molar-refractivity contribution in [1.29, 1.82) is 0 Å². The molecule has 2 aromatic heterocycles. The molecule has 0 saturated carbocycles. The maximum atomic E-state index is 5.78. The molecule has 0 aliphatic carbocycles. The first kappa shape index (κ1) is 12.1. The van der Waals surface area contributed by atoms with E-state index in [4.69, 9.17) is 23.2 Å². The fourth-order valence-corrected chi connectivity index (χ4v) is 1.36. The summed E-state index contributed by atoms with van der Waals surface area (Å²) in [6.45, 7) is 5.82. The molecule has 0 aliphatic rings. The minimum atomic E-state index is 0.0809. The average molecular weight is 245 g/mol. The minimum absolute atomic E-state index is 0.0809. The molecule has 0 N–H and O–H groups in total. The van der Waals surface area contributed by atoms with E-state index in [1.807, 2.05) is 20.8 Å². The molecular weight excluding hydrogens is 235 g/mol. The Bertz CT molecular complexity index is 468. The van der Waals surface area contributed by atoms with Crippen LogP contribution in [-0.4, -0.2) is 19.9 Å². The van der Waals surface area contributed by atoms with Gasteiger partial charge in [0.25, 0.3) is 0 Å². The second-order valence-corrected chi connectivity index (χ2v) is 3.16. The highest BCUT2D eigenvalue weighted by molar-refractivity contribution is 6.35. The molecule has 0 saturated heterocycles. The van der Waals surface area contributed by atoms with Gasteiger partial charge in [-0.3, -0.25) is 0 Å². The number of hydrogen-bond acceptors (Lipinski definition) is 4. The fraction of sp³-hybridized carbons (Fsp3) is 0.333. The van der Waals surface area contributed by atoms with Crippen LogP contribution in [0.5, 0.6) is 0 Å². The largest absolute Gasteiger partial charge is 0.248 e. The van der Waals surface area contributed by atoms with E-state index in [1.54, 1.807) is 6.20 Å². The Morgan fingerprint density at radius 1 is 1.07 bits per heavy atom. The van der Waals surface area contributed by atoms with Gasteiger partial charge in [0.1, 0.15) is 5.52 Å². The van der Waals surface area contributed by atoms with Crippen LogP contribution in [0.1, 0.15) is 19.5 Å². The highest BCUT2D eigenvalue weighted by atomic mass is 35.5. The summed E-state index contributed by atoms with van der Waals surface area (Å²) in [6.07, 6.45) is 1.60. The molecule has 0 radical (unpaired) electrons. The molecular formula is C9H10Cl2N4. The third-order valence-electron chi connectivity index (χ3n) is 1.46. The third-order valence-corrected chi connectivity index (χ3v) is 1.89. The lowest BCUT2D eigenvalue weighted by Crippen LogP contribution is -1.93. The second-order valence-electron chi connectivity index (χ2n) is 2.47. The molecule has 80 valence electrons. The van der Waals surface area contributed by atoms with Crippen molar-refractivity contribution in [2.24, 2.45) is 0 Å². The zero-order valence-electron chi connectivity index (χ0n) is 8.62. The molecule has 0 aromatic carbocycles. The summed E-state index contributed by atoms with van der Waals surface area (Å²) in [4.78, 5) is 15.8. The van der Waals surface area contributed by atoms with Gasteiger partial charge in [-0.25, -0.2) is 15.0 Å². The monoisotopic (exact) mass is 244 g/mol. The van der Waals surface area contributed by atoms with Crippen molar-refractivity contribution in [3.63, 3.8) is 0 Å². The van der Waals surface area contributed by atoms with Crippen LogP contribution in [-0.2, 0) is 0 Å². The van der Waals surface area contributed by atoms with Gasteiger partial charge in [0.15, 0.2) is 10.8 Å². The molecule has 2 rings (SSSR count). The molecule has 0 fully saturated rings. The van der Waals surface area contributed by atoms with Crippen molar-refractivity contribution < 1.29 is 0 Å². The number of fused-ring (bicyclic) bond motifs is 1. The van der Waals surface area contributed by atoms with Gasteiger partial charge in [0.2, 0.25) is 5.28 Å². The van der Waals surface area contributed by atoms with E-state index in [1.165, 1.54) is 0 Å². The lowest BCUT2D eigenvalue weighted by atomic mass is 10.4. The van der Waals surface area contributed by atoms with Crippen molar-refractivity contribution in [3.05, 3.63) is 22.3 Å². The van der Waals surface area contributed by atoms with E-state index >= 15 is 0 Å². The van der Waals surface area contributed by atoms with Crippen molar-refractivity contribution in [2.45, 2.75) is 20.8 Å². The summed E-state index contributed by atoms with van der Waals surface area (Å²) < 4.78 is 0. The number of rotatable bonds is 0. The van der Waals surface area contributed by atoms with Crippen molar-refractivity contribution in [2.75, 3.05) is 0 Å². The first-order valence-electron chi connectivity index (χ1n) is 4.49. The average Bonchev–Trinajstić information content (AvgIpc) is 2.19.